The van der Waals surface area contributed by atoms with Gasteiger partial charge in [-0.3, -0.25) is 4.79 Å². The number of terminal acetylenes is 1. The Morgan fingerprint density at radius 2 is 1.71 bits per heavy atom. The first-order valence-electron chi connectivity index (χ1n) is 4.06. The van der Waals surface area contributed by atoms with Crippen molar-refractivity contribution in [3.63, 3.8) is 0 Å². The third-order valence-corrected chi connectivity index (χ3v) is 0.483. The zero-order valence-corrected chi connectivity index (χ0v) is 10.9. The molecule has 5 heteroatoms. The number of hydrogen-bond donors (Lipinski definition) is 2. The summed E-state index contributed by atoms with van der Waals surface area (Å²) in [7, 11) is -0.139. The second kappa shape index (κ2) is 12.5. The minimum atomic E-state index is -1.14. The van der Waals surface area contributed by atoms with Crippen LogP contribution in [0.3, 0.4) is 0 Å². The molecule has 3 nitrogen and oxygen atoms in total. The summed E-state index contributed by atoms with van der Waals surface area (Å²) in [6.45, 7) is 6.28. The van der Waals surface area contributed by atoms with E-state index in [1.807, 2.05) is 0 Å². The first-order valence-corrected chi connectivity index (χ1v) is 8.57. The zero-order chi connectivity index (χ0) is 12.2. The Morgan fingerprint density at radius 1 is 1.43 bits per heavy atom. The molecule has 0 aromatic carbocycles. The van der Waals surface area contributed by atoms with Crippen molar-refractivity contribution in [1.82, 2.24) is 0 Å². The molecule has 0 bridgehead atoms. The lowest BCUT2D eigenvalue weighted by atomic mass is 10.3. The monoisotopic (exact) mass is 238 g/mol. The maximum atomic E-state index is 9.66. The van der Waals surface area contributed by atoms with Gasteiger partial charge < -0.3 is 10.2 Å². The Hall–Kier alpha value is -0.503. The zero-order valence-electron chi connectivity index (χ0n) is 9.17. The van der Waals surface area contributed by atoms with Gasteiger partial charge in [0.2, 0.25) is 0 Å². The molecule has 0 unspecified atom stereocenters. The van der Waals surface area contributed by atoms with Gasteiger partial charge in [0.15, 0.2) is 0 Å². The summed E-state index contributed by atoms with van der Waals surface area (Å²) < 4.78 is 0. The molecule has 0 heterocycles. The van der Waals surface area contributed by atoms with Crippen LogP contribution in [0, 0.1) is 12.3 Å². The number of carboxylic acids is 1. The third-order valence-electron chi connectivity index (χ3n) is 0.483. The van der Waals surface area contributed by atoms with Crippen molar-refractivity contribution >= 4 is 24.4 Å². The minimum absolute atomic E-state index is 0.0799. The van der Waals surface area contributed by atoms with Crippen molar-refractivity contribution in [2.75, 3.05) is 7.11 Å². The summed E-state index contributed by atoms with van der Waals surface area (Å²) in [6.07, 6.45) is 5.17. The second-order valence-corrected chi connectivity index (χ2v) is 10.7. The first-order chi connectivity index (χ1) is 6.27. The van der Waals surface area contributed by atoms with E-state index in [2.05, 4.69) is 25.6 Å². The fourth-order valence-electron chi connectivity index (χ4n) is 0.179. The standard InChI is InChI=1S/C5H6O2.C3H9ClSi.CH4O/c1-2-3-4-5(6)7;1-5(2,3)4;1-2/h1H,3-4H2,(H,6,7);1-3H3;2H,1H3. The van der Waals surface area contributed by atoms with Crippen LogP contribution in [0.5, 0.6) is 0 Å². The van der Waals surface area contributed by atoms with E-state index >= 15 is 0 Å². The van der Waals surface area contributed by atoms with Gasteiger partial charge in [-0.2, -0.15) is 11.1 Å². The van der Waals surface area contributed by atoms with Crippen molar-refractivity contribution < 1.29 is 15.0 Å². The average Bonchev–Trinajstić information content (AvgIpc) is 2.01. The third kappa shape index (κ3) is 104. The van der Waals surface area contributed by atoms with E-state index in [0.717, 1.165) is 7.11 Å². The summed E-state index contributed by atoms with van der Waals surface area (Å²) in [4.78, 5) is 9.66. The van der Waals surface area contributed by atoms with Gasteiger partial charge in [-0.05, 0) is 0 Å². The van der Waals surface area contributed by atoms with E-state index < -0.39 is 13.4 Å². The normalized spacial score (nSPS) is 8.36. The van der Waals surface area contributed by atoms with E-state index in [9.17, 15) is 4.79 Å². The molecule has 2 N–H and O–H groups in total. The molecular formula is C9H19ClO3Si. The number of hydrogen-bond acceptors (Lipinski definition) is 2. The van der Waals surface area contributed by atoms with Gasteiger partial charge in [0.1, 0.15) is 7.38 Å². The molecule has 0 spiro atoms. The van der Waals surface area contributed by atoms with E-state index in [0.29, 0.717) is 6.42 Å². The molecule has 0 aliphatic carbocycles. The molecule has 0 atom stereocenters. The Kier molecular flexibility index (Phi) is 17.1. The molecule has 0 aliphatic rings. The fraction of sp³-hybridized carbons (Fsp3) is 0.667. The maximum Gasteiger partial charge on any atom is 0.304 e. The Morgan fingerprint density at radius 3 is 1.79 bits per heavy atom. The molecular weight excluding hydrogens is 220 g/mol. The fourth-order valence-corrected chi connectivity index (χ4v) is 0.179. The largest absolute Gasteiger partial charge is 0.481 e. The Labute approximate surface area is 91.8 Å². The summed E-state index contributed by atoms with van der Waals surface area (Å²) in [6, 6.07) is 0. The van der Waals surface area contributed by atoms with Crippen molar-refractivity contribution in [3.05, 3.63) is 0 Å². The number of carboxylic acid groups (broad SMARTS) is 1. The highest BCUT2D eigenvalue weighted by Crippen LogP contribution is 2.03. The predicted octanol–water partition coefficient (Wildman–Crippen LogP) is 2.15. The van der Waals surface area contributed by atoms with E-state index in [-0.39, 0.29) is 6.42 Å². The van der Waals surface area contributed by atoms with Gasteiger partial charge in [0, 0.05) is 13.5 Å². The molecule has 0 aromatic rings. The number of rotatable bonds is 2. The second-order valence-electron chi connectivity index (χ2n) is 3.16. The van der Waals surface area contributed by atoms with Crippen LogP contribution in [-0.2, 0) is 4.79 Å². The highest BCUT2D eigenvalue weighted by Gasteiger charge is 2.04. The van der Waals surface area contributed by atoms with Crippen molar-refractivity contribution in [1.29, 1.82) is 0 Å². The molecule has 14 heavy (non-hydrogen) atoms. The highest BCUT2D eigenvalue weighted by atomic mass is 35.6. The van der Waals surface area contributed by atoms with Crippen LogP contribution in [0.1, 0.15) is 12.8 Å². The van der Waals surface area contributed by atoms with E-state index in [1.165, 1.54) is 0 Å². The summed E-state index contributed by atoms with van der Waals surface area (Å²) in [5.41, 5.74) is 0. The number of carbonyl (C=O) groups is 1. The van der Waals surface area contributed by atoms with Gasteiger partial charge in [-0.25, -0.2) is 0 Å². The predicted molar refractivity (Wildman–Crippen MR) is 63.0 cm³/mol. The van der Waals surface area contributed by atoms with Crippen LogP contribution in [0.15, 0.2) is 0 Å². The molecule has 0 amide bonds. The number of aliphatic carboxylic acids is 1. The lowest BCUT2D eigenvalue weighted by molar-refractivity contribution is -0.136. The van der Waals surface area contributed by atoms with Crippen LogP contribution in [-0.4, -0.2) is 30.7 Å². The molecule has 0 fully saturated rings. The van der Waals surface area contributed by atoms with Gasteiger partial charge in [0.25, 0.3) is 0 Å². The van der Waals surface area contributed by atoms with Crippen molar-refractivity contribution in [2.24, 2.45) is 0 Å². The molecule has 0 aromatic heterocycles. The summed E-state index contributed by atoms with van der Waals surface area (Å²) >= 11 is 5.67. The highest BCUT2D eigenvalue weighted by molar-refractivity contribution is 7.18. The molecule has 0 saturated carbocycles. The lowest BCUT2D eigenvalue weighted by Crippen LogP contribution is -2.06. The van der Waals surface area contributed by atoms with Gasteiger partial charge >= 0.3 is 5.97 Å². The smallest absolute Gasteiger partial charge is 0.304 e. The Bertz CT molecular complexity index is 164. The SMILES string of the molecule is C#CCCC(=O)O.CO.C[Si](C)(C)Cl. The van der Waals surface area contributed by atoms with Gasteiger partial charge in [0.05, 0.1) is 6.42 Å². The van der Waals surface area contributed by atoms with Gasteiger partial charge in [-0.1, -0.05) is 19.6 Å². The average molecular weight is 239 g/mol. The number of aliphatic hydroxyl groups excluding tert-OH is 1. The van der Waals surface area contributed by atoms with E-state index in [1.54, 1.807) is 0 Å². The van der Waals surface area contributed by atoms with Crippen LogP contribution in [0.25, 0.3) is 0 Å². The maximum absolute atomic E-state index is 9.66. The topological polar surface area (TPSA) is 57.5 Å². The van der Waals surface area contributed by atoms with Crippen LogP contribution in [0.2, 0.25) is 19.6 Å². The van der Waals surface area contributed by atoms with Crippen LogP contribution < -0.4 is 0 Å². The first kappa shape index (κ1) is 19.1. The minimum Gasteiger partial charge on any atom is -0.481 e. The van der Waals surface area contributed by atoms with Crippen molar-refractivity contribution in [3.8, 4) is 12.3 Å². The number of halogens is 1. The lowest BCUT2D eigenvalue weighted by Gasteiger charge is -1.97. The molecule has 0 rings (SSSR count). The summed E-state index contributed by atoms with van der Waals surface area (Å²) in [5.74, 6) is 1.38. The molecule has 0 saturated heterocycles. The van der Waals surface area contributed by atoms with Crippen molar-refractivity contribution in [2.45, 2.75) is 32.5 Å². The molecule has 0 aliphatic heterocycles. The van der Waals surface area contributed by atoms with E-state index in [4.69, 9.17) is 27.7 Å². The quantitative estimate of drug-likeness (QED) is 0.440. The Balaban J connectivity index is -0.000000152. The van der Waals surface area contributed by atoms with Crippen LogP contribution in [0.4, 0.5) is 0 Å². The summed E-state index contributed by atoms with van der Waals surface area (Å²) in [5, 5.41) is 14.9. The molecule has 0 radical (unpaired) electrons. The number of aliphatic hydroxyl groups is 1. The van der Waals surface area contributed by atoms with Gasteiger partial charge in [-0.15, -0.1) is 12.3 Å². The molecule has 84 valence electrons. The van der Waals surface area contributed by atoms with Crippen LogP contribution >= 0.6 is 11.1 Å².